The van der Waals surface area contributed by atoms with Gasteiger partial charge in [0.05, 0.1) is 0 Å². The standard InChI is InChI=1S/C9H5FO2S2/c10-8-4-3-7(9(11)12)14-6(4)2-1-5(8)13/h1-3,13H,(H,11,12). The molecule has 2 nitrogen and oxygen atoms in total. The van der Waals surface area contributed by atoms with E-state index in [-0.39, 0.29) is 9.77 Å². The fourth-order valence-electron chi connectivity index (χ4n) is 1.17. The molecule has 2 rings (SSSR count). The van der Waals surface area contributed by atoms with E-state index in [4.69, 9.17) is 5.11 Å². The summed E-state index contributed by atoms with van der Waals surface area (Å²) in [6, 6.07) is 4.51. The first-order valence-corrected chi connectivity index (χ1v) is 5.00. The highest BCUT2D eigenvalue weighted by Gasteiger charge is 2.12. The third-order valence-corrected chi connectivity index (χ3v) is 3.26. The number of hydrogen-bond acceptors (Lipinski definition) is 3. The lowest BCUT2D eigenvalue weighted by atomic mass is 10.2. The van der Waals surface area contributed by atoms with Crippen molar-refractivity contribution in [3.63, 3.8) is 0 Å². The average Bonchev–Trinajstić information content (AvgIpc) is 2.56. The van der Waals surface area contributed by atoms with Crippen LogP contribution >= 0.6 is 24.0 Å². The molecule has 2 aromatic rings. The SMILES string of the molecule is O=C(O)c1cc2c(F)c(S)ccc2s1. The zero-order valence-electron chi connectivity index (χ0n) is 6.82. The third kappa shape index (κ3) is 1.38. The number of aromatic carboxylic acids is 1. The van der Waals surface area contributed by atoms with Gasteiger partial charge in [-0.2, -0.15) is 0 Å². The van der Waals surface area contributed by atoms with Crippen molar-refractivity contribution in [2.75, 3.05) is 0 Å². The van der Waals surface area contributed by atoms with E-state index in [1.54, 1.807) is 6.07 Å². The summed E-state index contributed by atoms with van der Waals surface area (Å²) in [7, 11) is 0. The minimum atomic E-state index is -1.04. The van der Waals surface area contributed by atoms with Crippen molar-refractivity contribution < 1.29 is 14.3 Å². The van der Waals surface area contributed by atoms with Crippen molar-refractivity contribution in [3.8, 4) is 0 Å². The molecule has 1 N–H and O–H groups in total. The molecule has 1 aromatic carbocycles. The molecule has 0 atom stereocenters. The smallest absolute Gasteiger partial charge is 0.345 e. The summed E-state index contributed by atoms with van der Waals surface area (Å²) in [5.74, 6) is -1.50. The molecule has 0 bridgehead atoms. The summed E-state index contributed by atoms with van der Waals surface area (Å²) >= 11 is 4.97. The van der Waals surface area contributed by atoms with Gasteiger partial charge in [-0.3, -0.25) is 0 Å². The van der Waals surface area contributed by atoms with Crippen molar-refractivity contribution in [1.82, 2.24) is 0 Å². The predicted molar refractivity (Wildman–Crippen MR) is 56.0 cm³/mol. The van der Waals surface area contributed by atoms with Crippen LogP contribution in [0, 0.1) is 5.82 Å². The zero-order chi connectivity index (χ0) is 10.3. The van der Waals surface area contributed by atoms with Gasteiger partial charge in [0.1, 0.15) is 10.7 Å². The molecular weight excluding hydrogens is 223 g/mol. The fourth-order valence-corrected chi connectivity index (χ4v) is 2.26. The molecular formula is C9H5FO2S2. The second-order valence-electron chi connectivity index (χ2n) is 2.73. The molecule has 0 spiro atoms. The molecule has 14 heavy (non-hydrogen) atoms. The normalized spacial score (nSPS) is 10.7. The molecule has 72 valence electrons. The Morgan fingerprint density at radius 2 is 2.21 bits per heavy atom. The number of hydrogen-bond donors (Lipinski definition) is 2. The molecule has 0 radical (unpaired) electrons. The van der Waals surface area contributed by atoms with Crippen LogP contribution in [0.15, 0.2) is 23.1 Å². The molecule has 0 amide bonds. The van der Waals surface area contributed by atoms with Gasteiger partial charge in [-0.25, -0.2) is 9.18 Å². The highest BCUT2D eigenvalue weighted by atomic mass is 32.1. The number of carboxylic acid groups (broad SMARTS) is 1. The van der Waals surface area contributed by atoms with Crippen LogP contribution in [0.4, 0.5) is 4.39 Å². The van der Waals surface area contributed by atoms with E-state index >= 15 is 0 Å². The van der Waals surface area contributed by atoms with E-state index in [9.17, 15) is 9.18 Å². The lowest BCUT2D eigenvalue weighted by molar-refractivity contribution is 0.0702. The number of fused-ring (bicyclic) bond motifs is 1. The highest BCUT2D eigenvalue weighted by molar-refractivity contribution is 7.80. The molecule has 1 heterocycles. The molecule has 0 aliphatic carbocycles. The minimum absolute atomic E-state index is 0.137. The van der Waals surface area contributed by atoms with Crippen molar-refractivity contribution in [2.24, 2.45) is 0 Å². The second kappa shape index (κ2) is 3.25. The van der Waals surface area contributed by atoms with Crippen LogP contribution < -0.4 is 0 Å². The summed E-state index contributed by atoms with van der Waals surface area (Å²) in [4.78, 5) is 11.0. The number of carboxylic acids is 1. The second-order valence-corrected chi connectivity index (χ2v) is 4.29. The van der Waals surface area contributed by atoms with E-state index in [1.807, 2.05) is 0 Å². The minimum Gasteiger partial charge on any atom is -0.477 e. The highest BCUT2D eigenvalue weighted by Crippen LogP contribution is 2.30. The van der Waals surface area contributed by atoms with Crippen molar-refractivity contribution in [2.45, 2.75) is 4.90 Å². The Labute approximate surface area is 88.4 Å². The van der Waals surface area contributed by atoms with Gasteiger partial charge in [0.2, 0.25) is 0 Å². The summed E-state index contributed by atoms with van der Waals surface area (Å²) in [5.41, 5.74) is 0. The molecule has 0 unspecified atom stereocenters. The summed E-state index contributed by atoms with van der Waals surface area (Å²) in [6.07, 6.45) is 0. The lowest BCUT2D eigenvalue weighted by Crippen LogP contribution is -1.89. The number of rotatable bonds is 1. The molecule has 0 aliphatic rings. The Hall–Kier alpha value is -1.07. The van der Waals surface area contributed by atoms with Crippen LogP contribution in [-0.2, 0) is 0 Å². The summed E-state index contributed by atoms with van der Waals surface area (Å²) < 4.78 is 14.0. The van der Waals surface area contributed by atoms with E-state index < -0.39 is 11.8 Å². The first-order chi connectivity index (χ1) is 6.59. The van der Waals surface area contributed by atoms with Crippen LogP contribution in [0.25, 0.3) is 10.1 Å². The van der Waals surface area contributed by atoms with E-state index in [1.165, 1.54) is 12.1 Å². The predicted octanol–water partition coefficient (Wildman–Crippen LogP) is 3.03. The van der Waals surface area contributed by atoms with Crippen molar-refractivity contribution in [3.05, 3.63) is 28.9 Å². The zero-order valence-corrected chi connectivity index (χ0v) is 8.53. The topological polar surface area (TPSA) is 37.3 Å². The largest absolute Gasteiger partial charge is 0.477 e. The first-order valence-electron chi connectivity index (χ1n) is 3.74. The number of carbonyl (C=O) groups is 1. The van der Waals surface area contributed by atoms with Crippen LogP contribution in [0.5, 0.6) is 0 Å². The van der Waals surface area contributed by atoms with Gasteiger partial charge in [0.25, 0.3) is 0 Å². The van der Waals surface area contributed by atoms with Crippen LogP contribution in [0.1, 0.15) is 9.67 Å². The number of halogens is 1. The van der Waals surface area contributed by atoms with Crippen LogP contribution in [0.2, 0.25) is 0 Å². The Balaban J connectivity index is 2.77. The van der Waals surface area contributed by atoms with Gasteiger partial charge in [-0.15, -0.1) is 24.0 Å². The summed E-state index contributed by atoms with van der Waals surface area (Å²) in [5, 5.41) is 9.03. The van der Waals surface area contributed by atoms with E-state index in [0.717, 1.165) is 11.3 Å². The molecule has 5 heteroatoms. The first kappa shape index (κ1) is 9.48. The van der Waals surface area contributed by atoms with Gasteiger partial charge in [-0.05, 0) is 18.2 Å². The van der Waals surface area contributed by atoms with Gasteiger partial charge in [-0.1, -0.05) is 0 Å². The number of thiophene rings is 1. The number of benzene rings is 1. The quantitative estimate of drug-likeness (QED) is 0.736. The Bertz CT molecular complexity index is 519. The Kier molecular flexibility index (Phi) is 2.20. The van der Waals surface area contributed by atoms with Gasteiger partial charge in [0.15, 0.2) is 0 Å². The molecule has 0 fully saturated rings. The molecule has 0 aliphatic heterocycles. The molecule has 0 saturated heterocycles. The van der Waals surface area contributed by atoms with Crippen molar-refractivity contribution >= 4 is 40.0 Å². The van der Waals surface area contributed by atoms with Crippen LogP contribution in [0.3, 0.4) is 0 Å². The van der Waals surface area contributed by atoms with Crippen molar-refractivity contribution in [1.29, 1.82) is 0 Å². The summed E-state index contributed by atoms with van der Waals surface area (Å²) in [6.45, 7) is 0. The average molecular weight is 228 g/mol. The fraction of sp³-hybridized carbons (Fsp3) is 0. The van der Waals surface area contributed by atoms with E-state index in [2.05, 4.69) is 12.6 Å². The Morgan fingerprint density at radius 3 is 2.86 bits per heavy atom. The molecule has 0 saturated carbocycles. The monoisotopic (exact) mass is 228 g/mol. The third-order valence-electron chi connectivity index (χ3n) is 1.83. The van der Waals surface area contributed by atoms with Gasteiger partial charge in [0, 0.05) is 15.0 Å². The van der Waals surface area contributed by atoms with Gasteiger partial charge < -0.3 is 5.11 Å². The number of thiol groups is 1. The lowest BCUT2D eigenvalue weighted by Gasteiger charge is -1.94. The van der Waals surface area contributed by atoms with Crippen LogP contribution in [-0.4, -0.2) is 11.1 Å². The Morgan fingerprint density at radius 1 is 1.50 bits per heavy atom. The molecule has 1 aromatic heterocycles. The van der Waals surface area contributed by atoms with E-state index in [0.29, 0.717) is 10.1 Å². The van der Waals surface area contributed by atoms with Gasteiger partial charge >= 0.3 is 5.97 Å². The maximum absolute atomic E-state index is 13.4. The maximum atomic E-state index is 13.4. The maximum Gasteiger partial charge on any atom is 0.345 e.